The van der Waals surface area contributed by atoms with Crippen LogP contribution >= 0.6 is 0 Å². The standard InChI is InChI=1S/C14H27NO3/c1-4-7-8-9-10-13(16)11-15(5-2,6-3)12-14(17)18/h7-8,13,16H,4-6,9-12H2,1-3H3/b8-7+. The summed E-state index contributed by atoms with van der Waals surface area (Å²) in [6, 6.07) is 0. The first kappa shape index (κ1) is 17.1. The number of nitrogens with zero attached hydrogens (tertiary/aromatic N) is 1. The van der Waals surface area contributed by atoms with Gasteiger partial charge in [0.15, 0.2) is 0 Å². The first-order valence-corrected chi connectivity index (χ1v) is 6.87. The summed E-state index contributed by atoms with van der Waals surface area (Å²) in [6.07, 6.45) is 6.22. The Morgan fingerprint density at radius 1 is 1.28 bits per heavy atom. The molecule has 1 atom stereocenters. The van der Waals surface area contributed by atoms with Gasteiger partial charge in [0, 0.05) is 0 Å². The molecule has 0 aromatic heterocycles. The Morgan fingerprint density at radius 3 is 2.33 bits per heavy atom. The van der Waals surface area contributed by atoms with Crippen molar-refractivity contribution in [3.05, 3.63) is 12.2 Å². The van der Waals surface area contributed by atoms with Gasteiger partial charge in [0.2, 0.25) is 0 Å². The predicted octanol–water partition coefficient (Wildman–Crippen LogP) is 0.700. The molecule has 0 amide bonds. The number of aliphatic hydroxyl groups is 1. The van der Waals surface area contributed by atoms with E-state index in [0.29, 0.717) is 30.5 Å². The Labute approximate surface area is 111 Å². The number of allylic oxidation sites excluding steroid dienone is 2. The summed E-state index contributed by atoms with van der Waals surface area (Å²) in [4.78, 5) is 10.8. The summed E-state index contributed by atoms with van der Waals surface area (Å²) < 4.78 is 0.390. The Kier molecular flexibility index (Phi) is 8.67. The van der Waals surface area contributed by atoms with Crippen LogP contribution in [0.15, 0.2) is 12.2 Å². The molecule has 106 valence electrons. The van der Waals surface area contributed by atoms with Crippen molar-refractivity contribution in [2.45, 2.75) is 46.1 Å². The normalized spacial score (nSPS) is 14.0. The van der Waals surface area contributed by atoms with E-state index in [2.05, 4.69) is 19.1 Å². The number of carboxylic acid groups (broad SMARTS) is 1. The van der Waals surface area contributed by atoms with Crippen LogP contribution in [-0.2, 0) is 4.79 Å². The second-order valence-electron chi connectivity index (χ2n) is 4.80. The van der Waals surface area contributed by atoms with E-state index in [9.17, 15) is 15.0 Å². The number of carbonyl (C=O) groups is 1. The number of aliphatic carboxylic acids is 1. The van der Waals surface area contributed by atoms with E-state index in [1.54, 1.807) is 0 Å². The third-order valence-electron chi connectivity index (χ3n) is 3.47. The van der Waals surface area contributed by atoms with Gasteiger partial charge >= 0.3 is 0 Å². The lowest BCUT2D eigenvalue weighted by Crippen LogP contribution is -2.57. The highest BCUT2D eigenvalue weighted by molar-refractivity contribution is 5.65. The van der Waals surface area contributed by atoms with E-state index in [-0.39, 0.29) is 6.54 Å². The molecule has 0 aromatic carbocycles. The summed E-state index contributed by atoms with van der Waals surface area (Å²) in [5.74, 6) is -1.04. The van der Waals surface area contributed by atoms with Crippen LogP contribution < -0.4 is 5.11 Å². The van der Waals surface area contributed by atoms with Crippen LogP contribution in [0.1, 0.15) is 40.0 Å². The molecule has 0 aliphatic rings. The lowest BCUT2D eigenvalue weighted by molar-refractivity contribution is -0.922. The number of carbonyl (C=O) groups excluding carboxylic acids is 1. The molecule has 0 saturated heterocycles. The molecule has 1 unspecified atom stereocenters. The van der Waals surface area contributed by atoms with Gasteiger partial charge < -0.3 is 19.5 Å². The molecular formula is C14H27NO3. The van der Waals surface area contributed by atoms with Crippen molar-refractivity contribution in [1.82, 2.24) is 0 Å². The minimum atomic E-state index is -1.04. The van der Waals surface area contributed by atoms with Gasteiger partial charge in [0.1, 0.15) is 19.2 Å². The molecule has 0 fully saturated rings. The van der Waals surface area contributed by atoms with Crippen LogP contribution in [0, 0.1) is 0 Å². The first-order chi connectivity index (χ1) is 8.49. The maximum Gasteiger partial charge on any atom is 0.119 e. The number of carboxylic acids is 1. The van der Waals surface area contributed by atoms with E-state index in [1.807, 2.05) is 13.8 Å². The van der Waals surface area contributed by atoms with Crippen molar-refractivity contribution in [3.8, 4) is 0 Å². The van der Waals surface area contributed by atoms with Crippen molar-refractivity contribution in [2.24, 2.45) is 0 Å². The molecule has 4 nitrogen and oxygen atoms in total. The van der Waals surface area contributed by atoms with Gasteiger partial charge in [-0.2, -0.15) is 0 Å². The maximum absolute atomic E-state index is 10.8. The summed E-state index contributed by atoms with van der Waals surface area (Å²) >= 11 is 0. The fourth-order valence-electron chi connectivity index (χ4n) is 2.16. The molecule has 0 spiro atoms. The SMILES string of the molecule is CC/C=C/CCC(O)C[N+](CC)(CC)CC(=O)[O-]. The van der Waals surface area contributed by atoms with E-state index in [0.717, 1.165) is 12.8 Å². The van der Waals surface area contributed by atoms with Crippen LogP contribution in [0.5, 0.6) is 0 Å². The molecule has 0 rings (SSSR count). The van der Waals surface area contributed by atoms with Crippen LogP contribution in [0.4, 0.5) is 0 Å². The van der Waals surface area contributed by atoms with Crippen molar-refractivity contribution in [1.29, 1.82) is 0 Å². The molecule has 0 aromatic rings. The largest absolute Gasteiger partial charge is 0.544 e. The van der Waals surface area contributed by atoms with E-state index in [1.165, 1.54) is 0 Å². The molecular weight excluding hydrogens is 230 g/mol. The van der Waals surface area contributed by atoms with Crippen molar-refractivity contribution in [3.63, 3.8) is 0 Å². The topological polar surface area (TPSA) is 60.4 Å². The molecule has 0 aliphatic heterocycles. The Morgan fingerprint density at radius 2 is 1.89 bits per heavy atom. The number of aliphatic hydroxyl groups excluding tert-OH is 1. The van der Waals surface area contributed by atoms with E-state index < -0.39 is 12.1 Å². The molecule has 4 heteroatoms. The highest BCUT2D eigenvalue weighted by Gasteiger charge is 2.26. The lowest BCUT2D eigenvalue weighted by atomic mass is 10.1. The third-order valence-corrected chi connectivity index (χ3v) is 3.47. The third kappa shape index (κ3) is 6.77. The molecule has 0 bridgehead atoms. The summed E-state index contributed by atoms with van der Waals surface area (Å²) in [5.41, 5.74) is 0. The van der Waals surface area contributed by atoms with Gasteiger partial charge in [0.05, 0.1) is 19.1 Å². The monoisotopic (exact) mass is 257 g/mol. The van der Waals surface area contributed by atoms with Crippen molar-refractivity contribution < 1.29 is 19.5 Å². The van der Waals surface area contributed by atoms with Crippen LogP contribution in [0.2, 0.25) is 0 Å². The molecule has 0 heterocycles. The van der Waals surface area contributed by atoms with Gasteiger partial charge in [0.25, 0.3) is 0 Å². The average molecular weight is 257 g/mol. The fraction of sp³-hybridized carbons (Fsp3) is 0.786. The minimum Gasteiger partial charge on any atom is -0.544 e. The summed E-state index contributed by atoms with van der Waals surface area (Å²) in [7, 11) is 0. The number of hydrogen-bond acceptors (Lipinski definition) is 3. The lowest BCUT2D eigenvalue weighted by Gasteiger charge is -2.38. The predicted molar refractivity (Wildman–Crippen MR) is 70.8 cm³/mol. The highest BCUT2D eigenvalue weighted by Crippen LogP contribution is 2.11. The fourth-order valence-corrected chi connectivity index (χ4v) is 2.16. The van der Waals surface area contributed by atoms with Crippen molar-refractivity contribution >= 4 is 5.97 Å². The second kappa shape index (κ2) is 9.11. The number of rotatable bonds is 10. The maximum atomic E-state index is 10.8. The zero-order valence-electron chi connectivity index (χ0n) is 11.9. The minimum absolute atomic E-state index is 0.0190. The highest BCUT2D eigenvalue weighted by atomic mass is 16.4. The molecule has 0 saturated carbocycles. The van der Waals surface area contributed by atoms with Crippen LogP contribution in [-0.4, -0.2) is 47.8 Å². The van der Waals surface area contributed by atoms with Gasteiger partial charge in [-0.3, -0.25) is 0 Å². The second-order valence-corrected chi connectivity index (χ2v) is 4.80. The molecule has 1 N–H and O–H groups in total. The Balaban J connectivity index is 4.30. The average Bonchev–Trinajstić information content (AvgIpc) is 2.33. The molecule has 0 aliphatic carbocycles. The molecule has 18 heavy (non-hydrogen) atoms. The zero-order valence-corrected chi connectivity index (χ0v) is 11.9. The Hall–Kier alpha value is -0.870. The summed E-state index contributed by atoms with van der Waals surface area (Å²) in [5, 5.41) is 20.8. The van der Waals surface area contributed by atoms with Gasteiger partial charge in [-0.25, -0.2) is 0 Å². The van der Waals surface area contributed by atoms with E-state index in [4.69, 9.17) is 0 Å². The van der Waals surface area contributed by atoms with Gasteiger partial charge in [-0.05, 0) is 33.1 Å². The van der Waals surface area contributed by atoms with Crippen LogP contribution in [0.25, 0.3) is 0 Å². The zero-order chi connectivity index (χ0) is 14.0. The number of quaternary nitrogens is 1. The van der Waals surface area contributed by atoms with E-state index >= 15 is 0 Å². The first-order valence-electron chi connectivity index (χ1n) is 6.87. The quantitative estimate of drug-likeness (QED) is 0.463. The van der Waals surface area contributed by atoms with Gasteiger partial charge in [-0.1, -0.05) is 19.1 Å². The van der Waals surface area contributed by atoms with Gasteiger partial charge in [-0.15, -0.1) is 0 Å². The smallest absolute Gasteiger partial charge is 0.119 e. The number of likely N-dealkylation sites (N-methyl/N-ethyl adjacent to an activating group) is 1. The summed E-state index contributed by atoms with van der Waals surface area (Å²) in [6.45, 7) is 7.85. The Bertz CT molecular complexity index is 260. The van der Waals surface area contributed by atoms with Crippen LogP contribution in [0.3, 0.4) is 0 Å². The van der Waals surface area contributed by atoms with Crippen molar-refractivity contribution in [2.75, 3.05) is 26.2 Å². The molecule has 0 radical (unpaired) electrons. The number of hydrogen-bond donors (Lipinski definition) is 1.